The number of anilines is 1. The average molecular weight is 257 g/mol. The van der Waals surface area contributed by atoms with Crippen LogP contribution in [-0.4, -0.2) is 17.8 Å². The highest BCUT2D eigenvalue weighted by atomic mass is 32.2. The van der Waals surface area contributed by atoms with Crippen LogP contribution in [0, 0.1) is 0 Å². The molecule has 0 spiro atoms. The molecule has 0 aliphatic heterocycles. The summed E-state index contributed by atoms with van der Waals surface area (Å²) in [6.45, 7) is 0. The molecular formula is C11H13F2N3S. The molecule has 0 bridgehead atoms. The van der Waals surface area contributed by atoms with Crippen molar-refractivity contribution in [1.29, 1.82) is 0 Å². The Balaban J connectivity index is 2.08. The molecule has 92 valence electrons. The number of benzene rings is 1. The molecule has 1 aromatic rings. The van der Waals surface area contributed by atoms with Gasteiger partial charge in [-0.2, -0.15) is 8.78 Å². The van der Waals surface area contributed by atoms with Gasteiger partial charge in [0.1, 0.15) is 0 Å². The zero-order chi connectivity index (χ0) is 12.3. The van der Waals surface area contributed by atoms with Crippen LogP contribution in [0.15, 0.2) is 34.2 Å². The van der Waals surface area contributed by atoms with Crippen molar-refractivity contribution < 1.29 is 8.78 Å². The number of hydrogen-bond acceptors (Lipinski definition) is 2. The maximum atomic E-state index is 12.3. The van der Waals surface area contributed by atoms with Crippen molar-refractivity contribution in [2.24, 2.45) is 10.7 Å². The first-order valence-corrected chi connectivity index (χ1v) is 6.17. The molecule has 0 aromatic heterocycles. The molecule has 0 radical (unpaired) electrons. The van der Waals surface area contributed by atoms with Crippen molar-refractivity contribution >= 4 is 23.4 Å². The minimum absolute atomic E-state index is 0.287. The number of hydrogen-bond donors (Lipinski definition) is 2. The molecule has 1 aromatic carbocycles. The summed E-state index contributed by atoms with van der Waals surface area (Å²) in [6.07, 6.45) is 2.10. The average Bonchev–Trinajstić information content (AvgIpc) is 3.04. The summed E-state index contributed by atoms with van der Waals surface area (Å²) >= 11 is 0.495. The summed E-state index contributed by atoms with van der Waals surface area (Å²) in [5, 5.41) is 2.86. The third-order valence-electron chi connectivity index (χ3n) is 2.23. The maximum absolute atomic E-state index is 12.3. The van der Waals surface area contributed by atoms with Crippen LogP contribution in [0.5, 0.6) is 0 Å². The van der Waals surface area contributed by atoms with Gasteiger partial charge in [0.05, 0.1) is 11.7 Å². The van der Waals surface area contributed by atoms with Crippen LogP contribution < -0.4 is 11.1 Å². The molecule has 1 fully saturated rings. The summed E-state index contributed by atoms with van der Waals surface area (Å²) in [5.41, 5.74) is 6.26. The van der Waals surface area contributed by atoms with Crippen molar-refractivity contribution in [2.75, 3.05) is 5.32 Å². The van der Waals surface area contributed by atoms with Crippen LogP contribution >= 0.6 is 11.8 Å². The number of guanidine groups is 1. The molecule has 0 saturated heterocycles. The molecule has 0 heterocycles. The molecule has 1 saturated carbocycles. The number of para-hydroxylation sites is 1. The Morgan fingerprint density at radius 3 is 2.76 bits per heavy atom. The Hall–Kier alpha value is -1.30. The van der Waals surface area contributed by atoms with E-state index in [0.29, 0.717) is 28.4 Å². The van der Waals surface area contributed by atoms with Gasteiger partial charge in [0.2, 0.25) is 0 Å². The van der Waals surface area contributed by atoms with Crippen molar-refractivity contribution in [2.45, 2.75) is 29.5 Å². The molecular weight excluding hydrogens is 244 g/mol. The van der Waals surface area contributed by atoms with E-state index in [1.54, 1.807) is 24.3 Å². The van der Waals surface area contributed by atoms with Crippen LogP contribution in [0.4, 0.5) is 14.5 Å². The van der Waals surface area contributed by atoms with E-state index in [0.717, 1.165) is 12.8 Å². The molecule has 0 unspecified atom stereocenters. The predicted molar refractivity (Wildman–Crippen MR) is 66.6 cm³/mol. The fourth-order valence-corrected chi connectivity index (χ4v) is 1.93. The van der Waals surface area contributed by atoms with Gasteiger partial charge in [-0.25, -0.2) is 4.99 Å². The van der Waals surface area contributed by atoms with Crippen molar-refractivity contribution in [3.8, 4) is 0 Å². The fraction of sp³-hybridized carbons (Fsp3) is 0.364. The van der Waals surface area contributed by atoms with E-state index in [1.807, 2.05) is 0 Å². The van der Waals surface area contributed by atoms with Crippen LogP contribution in [0.2, 0.25) is 0 Å². The Morgan fingerprint density at radius 1 is 1.41 bits per heavy atom. The summed E-state index contributed by atoms with van der Waals surface area (Å²) in [6, 6.07) is 7.12. The lowest BCUT2D eigenvalue weighted by Crippen LogP contribution is -2.23. The van der Waals surface area contributed by atoms with E-state index in [2.05, 4.69) is 10.3 Å². The number of thioether (sulfide) groups is 1. The lowest BCUT2D eigenvalue weighted by atomic mass is 10.3. The molecule has 0 amide bonds. The highest BCUT2D eigenvalue weighted by molar-refractivity contribution is 7.99. The second-order valence-corrected chi connectivity index (χ2v) is 4.78. The molecule has 3 N–H and O–H groups in total. The van der Waals surface area contributed by atoms with E-state index in [-0.39, 0.29) is 5.96 Å². The van der Waals surface area contributed by atoms with Crippen LogP contribution in [0.25, 0.3) is 0 Å². The Morgan fingerprint density at radius 2 is 2.12 bits per heavy atom. The minimum atomic E-state index is -2.44. The standard InChI is InChI=1S/C11H13F2N3S/c12-10(13)17-9-4-2-1-3-8(9)16-11(14)15-7-5-6-7/h1-4,7,10H,5-6H2,(H3,14,15,16). The highest BCUT2D eigenvalue weighted by Crippen LogP contribution is 2.31. The Bertz CT molecular complexity index is 419. The monoisotopic (exact) mass is 257 g/mol. The number of nitrogens with one attached hydrogen (secondary N) is 1. The lowest BCUT2D eigenvalue weighted by molar-refractivity contribution is 0.252. The van der Waals surface area contributed by atoms with Crippen LogP contribution in [0.1, 0.15) is 12.8 Å². The van der Waals surface area contributed by atoms with Gasteiger partial charge in [-0.15, -0.1) is 0 Å². The second-order valence-electron chi connectivity index (χ2n) is 3.75. The normalized spacial score (nSPS) is 16.3. The zero-order valence-corrected chi connectivity index (χ0v) is 9.88. The number of nitrogens with zero attached hydrogens (tertiary/aromatic N) is 1. The largest absolute Gasteiger partial charge is 0.370 e. The lowest BCUT2D eigenvalue weighted by Gasteiger charge is -2.10. The molecule has 0 atom stereocenters. The quantitative estimate of drug-likeness (QED) is 0.495. The summed E-state index contributed by atoms with van der Waals surface area (Å²) in [4.78, 5) is 4.66. The number of nitrogens with two attached hydrogens (primary N) is 1. The third-order valence-corrected chi connectivity index (χ3v) is 3.02. The first kappa shape index (κ1) is 12.2. The topological polar surface area (TPSA) is 50.4 Å². The summed E-state index contributed by atoms with van der Waals surface area (Å²) < 4.78 is 24.7. The van der Waals surface area contributed by atoms with E-state index in [4.69, 9.17) is 5.73 Å². The van der Waals surface area contributed by atoms with Crippen molar-refractivity contribution in [1.82, 2.24) is 0 Å². The number of halogens is 2. The Kier molecular flexibility index (Phi) is 3.83. The number of rotatable bonds is 4. The first-order valence-electron chi connectivity index (χ1n) is 5.29. The maximum Gasteiger partial charge on any atom is 0.288 e. The van der Waals surface area contributed by atoms with Gasteiger partial charge in [-0.05, 0) is 25.0 Å². The third kappa shape index (κ3) is 3.89. The second kappa shape index (κ2) is 5.35. The van der Waals surface area contributed by atoms with E-state index < -0.39 is 5.76 Å². The van der Waals surface area contributed by atoms with E-state index >= 15 is 0 Å². The summed E-state index contributed by atoms with van der Waals surface area (Å²) in [7, 11) is 0. The van der Waals surface area contributed by atoms with Crippen LogP contribution in [-0.2, 0) is 0 Å². The summed E-state index contributed by atoms with van der Waals surface area (Å²) in [5.74, 6) is -2.16. The fourth-order valence-electron chi connectivity index (χ4n) is 1.34. The van der Waals surface area contributed by atoms with Crippen molar-refractivity contribution in [3.05, 3.63) is 24.3 Å². The molecule has 6 heteroatoms. The van der Waals surface area contributed by atoms with E-state index in [9.17, 15) is 8.78 Å². The van der Waals surface area contributed by atoms with Gasteiger partial charge < -0.3 is 11.1 Å². The SMILES string of the molecule is NC(=NC1CC1)Nc1ccccc1SC(F)F. The minimum Gasteiger partial charge on any atom is -0.370 e. The number of aliphatic imine (C=N–C) groups is 1. The van der Waals surface area contributed by atoms with Gasteiger partial charge >= 0.3 is 0 Å². The molecule has 17 heavy (non-hydrogen) atoms. The van der Waals surface area contributed by atoms with Gasteiger partial charge in [0, 0.05) is 4.90 Å². The van der Waals surface area contributed by atoms with Gasteiger partial charge in [0.25, 0.3) is 5.76 Å². The van der Waals surface area contributed by atoms with Gasteiger partial charge in [0.15, 0.2) is 5.96 Å². The first-order chi connectivity index (χ1) is 8.15. The Labute approximate surface area is 102 Å². The molecule has 2 rings (SSSR count). The zero-order valence-electron chi connectivity index (χ0n) is 9.07. The van der Waals surface area contributed by atoms with Crippen molar-refractivity contribution in [3.63, 3.8) is 0 Å². The van der Waals surface area contributed by atoms with Gasteiger partial charge in [-0.3, -0.25) is 0 Å². The van der Waals surface area contributed by atoms with Gasteiger partial charge in [-0.1, -0.05) is 23.9 Å². The molecule has 3 nitrogen and oxygen atoms in total. The van der Waals surface area contributed by atoms with E-state index in [1.165, 1.54) is 0 Å². The predicted octanol–water partition coefficient (Wildman–Crippen LogP) is 2.89. The molecule has 1 aliphatic rings. The number of alkyl halides is 2. The smallest absolute Gasteiger partial charge is 0.288 e. The highest BCUT2D eigenvalue weighted by Gasteiger charge is 2.20. The van der Waals surface area contributed by atoms with Crippen LogP contribution in [0.3, 0.4) is 0 Å². The molecule has 1 aliphatic carbocycles.